The van der Waals surface area contributed by atoms with Crippen molar-refractivity contribution in [3.8, 4) is 11.5 Å². The SMILES string of the molecule is COc1ccc(C(c2ccc(OC)cc2)C2CCCCC2=O)cc1. The molecule has 126 valence electrons. The Balaban J connectivity index is 1.99. The summed E-state index contributed by atoms with van der Waals surface area (Å²) >= 11 is 0. The van der Waals surface area contributed by atoms with Gasteiger partial charge in [-0.05, 0) is 48.2 Å². The maximum absolute atomic E-state index is 12.6. The van der Waals surface area contributed by atoms with Crippen LogP contribution in [0.5, 0.6) is 11.5 Å². The van der Waals surface area contributed by atoms with Gasteiger partial charge in [0.25, 0.3) is 0 Å². The maximum atomic E-state index is 12.6. The van der Waals surface area contributed by atoms with E-state index in [1.165, 1.54) is 11.1 Å². The van der Waals surface area contributed by atoms with E-state index in [0.29, 0.717) is 12.2 Å². The van der Waals surface area contributed by atoms with Gasteiger partial charge in [0, 0.05) is 18.3 Å². The normalized spacial score (nSPS) is 17.8. The highest BCUT2D eigenvalue weighted by atomic mass is 16.5. The highest BCUT2D eigenvalue weighted by Gasteiger charge is 2.32. The van der Waals surface area contributed by atoms with Gasteiger partial charge in [-0.1, -0.05) is 30.7 Å². The monoisotopic (exact) mass is 324 g/mol. The Hall–Kier alpha value is -2.29. The first-order chi connectivity index (χ1) is 11.7. The van der Waals surface area contributed by atoms with Crippen LogP contribution in [-0.4, -0.2) is 20.0 Å². The lowest BCUT2D eigenvalue weighted by molar-refractivity contribution is -0.125. The predicted octanol–water partition coefficient (Wildman–Crippen LogP) is 4.60. The summed E-state index contributed by atoms with van der Waals surface area (Å²) < 4.78 is 10.5. The minimum absolute atomic E-state index is 0.0561. The lowest BCUT2D eigenvalue weighted by Crippen LogP contribution is -2.26. The number of hydrogen-bond donors (Lipinski definition) is 0. The number of rotatable bonds is 5. The van der Waals surface area contributed by atoms with Crippen molar-refractivity contribution in [1.29, 1.82) is 0 Å². The van der Waals surface area contributed by atoms with Crippen molar-refractivity contribution in [1.82, 2.24) is 0 Å². The van der Waals surface area contributed by atoms with Crippen molar-refractivity contribution in [3.63, 3.8) is 0 Å². The maximum Gasteiger partial charge on any atom is 0.136 e. The van der Waals surface area contributed by atoms with Crippen molar-refractivity contribution in [3.05, 3.63) is 59.7 Å². The van der Waals surface area contributed by atoms with Crippen LogP contribution in [0.2, 0.25) is 0 Å². The summed E-state index contributed by atoms with van der Waals surface area (Å²) in [5.41, 5.74) is 2.34. The first kappa shape index (κ1) is 16.6. The highest BCUT2D eigenvalue weighted by molar-refractivity contribution is 5.83. The number of ketones is 1. The van der Waals surface area contributed by atoms with Gasteiger partial charge in [-0.15, -0.1) is 0 Å². The molecule has 1 unspecified atom stereocenters. The predicted molar refractivity (Wildman–Crippen MR) is 94.8 cm³/mol. The summed E-state index contributed by atoms with van der Waals surface area (Å²) in [4.78, 5) is 12.6. The second-order valence-electron chi connectivity index (χ2n) is 6.34. The van der Waals surface area contributed by atoms with Gasteiger partial charge in [0.05, 0.1) is 14.2 Å². The Morgan fingerprint density at radius 3 is 1.75 bits per heavy atom. The van der Waals surface area contributed by atoms with Gasteiger partial charge < -0.3 is 9.47 Å². The molecule has 24 heavy (non-hydrogen) atoms. The molecule has 0 aromatic heterocycles. The van der Waals surface area contributed by atoms with Crippen LogP contribution >= 0.6 is 0 Å². The van der Waals surface area contributed by atoms with E-state index in [0.717, 1.165) is 30.8 Å². The first-order valence-corrected chi connectivity index (χ1v) is 8.53. The van der Waals surface area contributed by atoms with Gasteiger partial charge in [0.1, 0.15) is 17.3 Å². The topological polar surface area (TPSA) is 35.5 Å². The van der Waals surface area contributed by atoms with Crippen molar-refractivity contribution in [2.75, 3.05) is 14.2 Å². The minimum atomic E-state index is 0.0561. The number of ether oxygens (including phenoxy) is 2. The second-order valence-corrected chi connectivity index (χ2v) is 6.34. The molecule has 1 aliphatic carbocycles. The van der Waals surface area contributed by atoms with E-state index in [4.69, 9.17) is 9.47 Å². The van der Waals surface area contributed by atoms with Crippen LogP contribution in [0, 0.1) is 5.92 Å². The van der Waals surface area contributed by atoms with E-state index in [-0.39, 0.29) is 11.8 Å². The molecule has 0 heterocycles. The average Bonchev–Trinajstić information content (AvgIpc) is 2.64. The fourth-order valence-corrected chi connectivity index (χ4v) is 3.64. The average molecular weight is 324 g/mol. The smallest absolute Gasteiger partial charge is 0.136 e. The third kappa shape index (κ3) is 3.45. The molecule has 2 aromatic carbocycles. The van der Waals surface area contributed by atoms with Crippen LogP contribution in [0.1, 0.15) is 42.7 Å². The molecule has 0 spiro atoms. The van der Waals surface area contributed by atoms with Gasteiger partial charge in [0.15, 0.2) is 0 Å². The molecule has 3 nitrogen and oxygen atoms in total. The first-order valence-electron chi connectivity index (χ1n) is 8.53. The number of hydrogen-bond acceptors (Lipinski definition) is 3. The van der Waals surface area contributed by atoms with Crippen molar-refractivity contribution >= 4 is 5.78 Å². The molecule has 1 saturated carbocycles. The third-order valence-corrected chi connectivity index (χ3v) is 4.95. The van der Waals surface area contributed by atoms with Crippen LogP contribution in [0.4, 0.5) is 0 Å². The molecule has 0 radical (unpaired) electrons. The second kappa shape index (κ2) is 7.52. The van der Waals surface area contributed by atoms with Gasteiger partial charge in [0.2, 0.25) is 0 Å². The summed E-state index contributed by atoms with van der Waals surface area (Å²) in [7, 11) is 3.33. The zero-order valence-corrected chi connectivity index (χ0v) is 14.3. The Morgan fingerprint density at radius 1 is 0.833 bits per heavy atom. The van der Waals surface area contributed by atoms with Crippen molar-refractivity contribution in [2.45, 2.75) is 31.6 Å². The molecule has 1 atom stereocenters. The van der Waals surface area contributed by atoms with Crippen LogP contribution in [0.15, 0.2) is 48.5 Å². The molecule has 0 aliphatic heterocycles. The van der Waals surface area contributed by atoms with E-state index in [9.17, 15) is 4.79 Å². The number of methoxy groups -OCH3 is 2. The van der Waals surface area contributed by atoms with E-state index >= 15 is 0 Å². The molecular weight excluding hydrogens is 300 g/mol. The molecule has 1 fully saturated rings. The van der Waals surface area contributed by atoms with Gasteiger partial charge in [-0.3, -0.25) is 4.79 Å². The summed E-state index contributed by atoms with van der Waals surface area (Å²) in [6.07, 6.45) is 3.81. The van der Waals surface area contributed by atoms with E-state index in [1.807, 2.05) is 24.3 Å². The van der Waals surface area contributed by atoms with Crippen molar-refractivity contribution < 1.29 is 14.3 Å². The van der Waals surface area contributed by atoms with Crippen LogP contribution in [0.3, 0.4) is 0 Å². The molecule has 0 N–H and O–H groups in total. The summed E-state index contributed by atoms with van der Waals surface area (Å²) in [5, 5.41) is 0. The van der Waals surface area contributed by atoms with Gasteiger partial charge in [-0.25, -0.2) is 0 Å². The Labute approximate surface area is 143 Å². The van der Waals surface area contributed by atoms with Crippen LogP contribution in [-0.2, 0) is 4.79 Å². The quantitative estimate of drug-likeness (QED) is 0.806. The van der Waals surface area contributed by atoms with Crippen LogP contribution in [0.25, 0.3) is 0 Å². The van der Waals surface area contributed by atoms with Crippen LogP contribution < -0.4 is 9.47 Å². The summed E-state index contributed by atoms with van der Waals surface area (Å²) in [6.45, 7) is 0. The summed E-state index contributed by atoms with van der Waals surface area (Å²) in [5.74, 6) is 2.21. The molecule has 3 heteroatoms. The molecule has 0 saturated heterocycles. The zero-order valence-electron chi connectivity index (χ0n) is 14.3. The number of Topliss-reactive ketones (excluding diaryl/α,β-unsaturated/α-hetero) is 1. The number of benzene rings is 2. The summed E-state index contributed by atoms with van der Waals surface area (Å²) in [6, 6.07) is 16.2. The van der Waals surface area contributed by atoms with E-state index < -0.39 is 0 Å². The molecule has 2 aromatic rings. The third-order valence-electron chi connectivity index (χ3n) is 4.95. The van der Waals surface area contributed by atoms with Gasteiger partial charge in [-0.2, -0.15) is 0 Å². The van der Waals surface area contributed by atoms with Crippen molar-refractivity contribution in [2.24, 2.45) is 5.92 Å². The molecule has 0 bridgehead atoms. The zero-order chi connectivity index (χ0) is 16.9. The molecule has 3 rings (SSSR count). The van der Waals surface area contributed by atoms with E-state index in [1.54, 1.807) is 14.2 Å². The fraction of sp³-hybridized carbons (Fsp3) is 0.381. The fourth-order valence-electron chi connectivity index (χ4n) is 3.64. The van der Waals surface area contributed by atoms with Gasteiger partial charge >= 0.3 is 0 Å². The number of carbonyl (C=O) groups excluding carboxylic acids is 1. The molecule has 0 amide bonds. The molecular formula is C21H24O3. The lowest BCUT2D eigenvalue weighted by Gasteiger charge is -2.30. The Bertz CT molecular complexity index is 626. The lowest BCUT2D eigenvalue weighted by atomic mass is 9.73. The largest absolute Gasteiger partial charge is 0.497 e. The standard InChI is InChI=1S/C21H24O3/c1-23-17-11-7-15(8-12-17)21(19-5-3-4-6-20(19)22)16-9-13-18(24-2)14-10-16/h7-14,19,21H,3-6H2,1-2H3. The number of carbonyl (C=O) groups is 1. The Kier molecular flexibility index (Phi) is 5.19. The van der Waals surface area contributed by atoms with E-state index in [2.05, 4.69) is 24.3 Å². The Morgan fingerprint density at radius 2 is 1.33 bits per heavy atom. The highest BCUT2D eigenvalue weighted by Crippen LogP contribution is 2.39. The molecule has 1 aliphatic rings. The minimum Gasteiger partial charge on any atom is -0.497 e.